The van der Waals surface area contributed by atoms with Gasteiger partial charge in [0, 0.05) is 20.1 Å². The van der Waals surface area contributed by atoms with Crippen molar-refractivity contribution in [2.75, 3.05) is 20.1 Å². The highest BCUT2D eigenvalue weighted by Gasteiger charge is 2.04. The molecule has 6 nitrogen and oxygen atoms in total. The molecule has 0 rings (SSSR count). The molecule has 6 heteroatoms. The van der Waals surface area contributed by atoms with Crippen LogP contribution in [0.2, 0.25) is 0 Å². The van der Waals surface area contributed by atoms with E-state index in [4.69, 9.17) is 10.9 Å². The number of nitrogens with one attached hydrogen (secondary N) is 2. The second-order valence-electron chi connectivity index (χ2n) is 6.99. The highest BCUT2D eigenvalue weighted by atomic mass is 16.5. The summed E-state index contributed by atoms with van der Waals surface area (Å²) >= 11 is 0. The average molecular weight is 371 g/mol. The van der Waals surface area contributed by atoms with E-state index in [-0.39, 0.29) is 12.2 Å². The van der Waals surface area contributed by atoms with Gasteiger partial charge in [-0.15, -0.1) is 0 Å². The van der Waals surface area contributed by atoms with Crippen LogP contribution in [-0.4, -0.2) is 42.6 Å². The Bertz CT molecular complexity index is 349. The second kappa shape index (κ2) is 18.7. The van der Waals surface area contributed by atoms with Gasteiger partial charge >= 0.3 is 6.03 Å². The molecule has 0 aliphatic rings. The molecule has 0 aromatic carbocycles. The van der Waals surface area contributed by atoms with Crippen LogP contribution in [-0.2, 0) is 0 Å². The van der Waals surface area contributed by atoms with Gasteiger partial charge in [0.05, 0.1) is 6.17 Å². The number of amides is 2. The van der Waals surface area contributed by atoms with Crippen molar-refractivity contribution in [3.63, 3.8) is 0 Å². The van der Waals surface area contributed by atoms with Gasteiger partial charge in [-0.25, -0.2) is 4.79 Å². The minimum absolute atomic E-state index is 0.0387. The Morgan fingerprint density at radius 1 is 0.962 bits per heavy atom. The number of urea groups is 1. The van der Waals surface area contributed by atoms with Crippen LogP contribution in [0, 0.1) is 0 Å². The molecular weight excluding hydrogens is 328 g/mol. The molecule has 2 amide bonds. The van der Waals surface area contributed by atoms with Crippen molar-refractivity contribution in [2.24, 2.45) is 5.73 Å². The molecule has 0 radical (unpaired) electrons. The van der Waals surface area contributed by atoms with E-state index in [0.29, 0.717) is 0 Å². The van der Waals surface area contributed by atoms with Crippen molar-refractivity contribution in [3.8, 4) is 0 Å². The smallest absolute Gasteiger partial charge is 0.314 e. The van der Waals surface area contributed by atoms with E-state index in [2.05, 4.69) is 29.7 Å². The molecule has 26 heavy (non-hydrogen) atoms. The molecule has 5 N–H and O–H groups in total. The first-order valence-corrected chi connectivity index (χ1v) is 10.4. The van der Waals surface area contributed by atoms with Crippen molar-refractivity contribution in [1.82, 2.24) is 15.7 Å². The normalized spacial score (nSPS) is 12.7. The first-order chi connectivity index (χ1) is 12.6. The van der Waals surface area contributed by atoms with E-state index in [1.165, 1.54) is 32.1 Å². The minimum Gasteiger partial charge on any atom is -0.338 e. The third kappa shape index (κ3) is 17.7. The van der Waals surface area contributed by atoms with Crippen LogP contribution in [0.4, 0.5) is 4.79 Å². The molecular formula is C20H42N4O2. The number of hydroxylamine groups is 2. The van der Waals surface area contributed by atoms with Gasteiger partial charge in [-0.3, -0.25) is 0 Å². The summed E-state index contributed by atoms with van der Waals surface area (Å²) in [4.78, 5) is 11.5. The fourth-order valence-corrected chi connectivity index (χ4v) is 2.62. The summed E-state index contributed by atoms with van der Waals surface area (Å²) in [6.07, 6.45) is 17.5. The topological polar surface area (TPSA) is 90.6 Å². The molecule has 0 fully saturated rings. The molecule has 1 unspecified atom stereocenters. The van der Waals surface area contributed by atoms with Crippen LogP contribution >= 0.6 is 0 Å². The first-order valence-electron chi connectivity index (χ1n) is 10.4. The molecule has 0 saturated heterocycles. The summed E-state index contributed by atoms with van der Waals surface area (Å²) in [5.74, 6) is 0. The number of unbranched alkanes of at least 4 members (excludes halogenated alkanes) is 8. The predicted molar refractivity (Wildman–Crippen MR) is 109 cm³/mol. The van der Waals surface area contributed by atoms with Gasteiger partial charge in [0.1, 0.15) is 0 Å². The second-order valence-corrected chi connectivity index (χ2v) is 6.99. The lowest BCUT2D eigenvalue weighted by Crippen LogP contribution is -2.36. The van der Waals surface area contributed by atoms with E-state index in [1.54, 1.807) is 7.05 Å². The molecule has 154 valence electrons. The molecule has 0 bridgehead atoms. The number of carbonyl (C=O) groups is 1. The highest BCUT2D eigenvalue weighted by molar-refractivity contribution is 5.73. The summed E-state index contributed by atoms with van der Waals surface area (Å²) in [7, 11) is 1.59. The Morgan fingerprint density at radius 3 is 2.08 bits per heavy atom. The standard InChI is InChI=1S/C20H42N4O2/c1-3-4-14-17-22-20(25)23-18-15-12-10-8-6-5-7-9-11-13-16-19(21)24(2)26/h6,8,19,26H,3-5,7,9-18,21H2,1-2H3,(H2,22,23,25). The zero-order chi connectivity index (χ0) is 19.5. The fourth-order valence-electron chi connectivity index (χ4n) is 2.62. The molecule has 0 aliphatic heterocycles. The average Bonchev–Trinajstić information content (AvgIpc) is 2.62. The Hall–Kier alpha value is -1.11. The Kier molecular flexibility index (Phi) is 17.9. The van der Waals surface area contributed by atoms with Gasteiger partial charge in [-0.05, 0) is 44.9 Å². The molecule has 0 saturated carbocycles. The van der Waals surface area contributed by atoms with Gasteiger partial charge in [-0.2, -0.15) is 5.06 Å². The van der Waals surface area contributed by atoms with Crippen LogP contribution < -0.4 is 16.4 Å². The van der Waals surface area contributed by atoms with Gasteiger partial charge in [0.2, 0.25) is 0 Å². The molecule has 0 aromatic rings. The largest absolute Gasteiger partial charge is 0.338 e. The maximum atomic E-state index is 11.5. The summed E-state index contributed by atoms with van der Waals surface area (Å²) in [5, 5.41) is 16.0. The van der Waals surface area contributed by atoms with E-state index in [1.807, 2.05) is 0 Å². The Morgan fingerprint density at radius 2 is 1.50 bits per heavy atom. The van der Waals surface area contributed by atoms with Crippen molar-refractivity contribution in [1.29, 1.82) is 0 Å². The maximum Gasteiger partial charge on any atom is 0.314 e. The molecule has 0 aliphatic carbocycles. The Balaban J connectivity index is 3.27. The van der Waals surface area contributed by atoms with Crippen LogP contribution in [0.1, 0.15) is 84.0 Å². The third-order valence-electron chi connectivity index (χ3n) is 4.42. The fraction of sp³-hybridized carbons (Fsp3) is 0.850. The molecule has 0 aromatic heterocycles. The third-order valence-corrected chi connectivity index (χ3v) is 4.42. The molecule has 0 spiro atoms. The first kappa shape index (κ1) is 24.9. The number of hydrogen-bond acceptors (Lipinski definition) is 4. The number of rotatable bonds is 17. The lowest BCUT2D eigenvalue weighted by molar-refractivity contribution is -0.103. The highest BCUT2D eigenvalue weighted by Crippen LogP contribution is 2.08. The van der Waals surface area contributed by atoms with Crippen molar-refractivity contribution >= 4 is 6.03 Å². The Labute approximate surface area is 160 Å². The maximum absolute atomic E-state index is 11.5. The van der Waals surface area contributed by atoms with E-state index >= 15 is 0 Å². The number of nitrogens with zero attached hydrogens (tertiary/aromatic N) is 1. The van der Waals surface area contributed by atoms with Gasteiger partial charge in [0.15, 0.2) is 0 Å². The molecule has 0 heterocycles. The zero-order valence-electron chi connectivity index (χ0n) is 17.0. The quantitative estimate of drug-likeness (QED) is 0.134. The van der Waals surface area contributed by atoms with Crippen LogP contribution in [0.25, 0.3) is 0 Å². The van der Waals surface area contributed by atoms with E-state index < -0.39 is 0 Å². The van der Waals surface area contributed by atoms with Crippen LogP contribution in [0.5, 0.6) is 0 Å². The summed E-state index contributed by atoms with van der Waals surface area (Å²) in [6, 6.07) is -0.0387. The lowest BCUT2D eigenvalue weighted by Gasteiger charge is -2.17. The van der Waals surface area contributed by atoms with Gasteiger partial charge < -0.3 is 21.6 Å². The van der Waals surface area contributed by atoms with Gasteiger partial charge in [0.25, 0.3) is 0 Å². The minimum atomic E-state index is -0.239. The van der Waals surface area contributed by atoms with Crippen molar-refractivity contribution < 1.29 is 10.0 Å². The summed E-state index contributed by atoms with van der Waals surface area (Å²) < 4.78 is 0. The van der Waals surface area contributed by atoms with Gasteiger partial charge in [-0.1, -0.05) is 51.2 Å². The lowest BCUT2D eigenvalue weighted by atomic mass is 10.1. The number of nitrogens with two attached hydrogens (primary N) is 1. The zero-order valence-corrected chi connectivity index (χ0v) is 17.0. The number of hydrogen-bond donors (Lipinski definition) is 4. The summed E-state index contributed by atoms with van der Waals surface area (Å²) in [6.45, 7) is 3.68. The monoisotopic (exact) mass is 370 g/mol. The van der Waals surface area contributed by atoms with E-state index in [0.717, 1.165) is 63.1 Å². The number of allylic oxidation sites excluding steroid dienone is 2. The predicted octanol–water partition coefficient (Wildman–Crippen LogP) is 4.15. The molecule has 1 atom stereocenters. The van der Waals surface area contributed by atoms with Crippen LogP contribution in [0.3, 0.4) is 0 Å². The van der Waals surface area contributed by atoms with Crippen molar-refractivity contribution in [2.45, 2.75) is 90.1 Å². The summed E-state index contributed by atoms with van der Waals surface area (Å²) in [5.41, 5.74) is 5.73. The van der Waals surface area contributed by atoms with E-state index in [9.17, 15) is 4.79 Å². The SMILES string of the molecule is CCCCCNC(=O)NCCCCC=CCCCCCCC(N)N(C)O. The number of carbonyl (C=O) groups excluding carboxylic acids is 1. The van der Waals surface area contributed by atoms with Crippen LogP contribution in [0.15, 0.2) is 12.2 Å². The van der Waals surface area contributed by atoms with Crippen molar-refractivity contribution in [3.05, 3.63) is 12.2 Å².